The lowest BCUT2D eigenvalue weighted by molar-refractivity contribution is 0.0145. The molecule has 0 aliphatic rings. The van der Waals surface area contributed by atoms with Crippen molar-refractivity contribution < 1.29 is 13.5 Å². The van der Waals surface area contributed by atoms with Crippen LogP contribution >= 0.6 is 0 Å². The van der Waals surface area contributed by atoms with Crippen molar-refractivity contribution in [2.24, 2.45) is 0 Å². The minimum absolute atomic E-state index is 0.109. The largest absolute Gasteiger partial charge is 0.375 e. The highest BCUT2D eigenvalue weighted by Gasteiger charge is 2.10. The van der Waals surface area contributed by atoms with Gasteiger partial charge in [0.25, 0.3) is 6.43 Å². The highest BCUT2D eigenvalue weighted by molar-refractivity contribution is 5.83. The van der Waals surface area contributed by atoms with Crippen LogP contribution in [0.3, 0.4) is 0 Å². The van der Waals surface area contributed by atoms with E-state index in [-0.39, 0.29) is 6.04 Å². The predicted octanol–water partition coefficient (Wildman–Crippen LogP) is 3.77. The first-order valence-electron chi connectivity index (χ1n) is 6.72. The van der Waals surface area contributed by atoms with Gasteiger partial charge in [0.1, 0.15) is 6.61 Å². The maximum absolute atomic E-state index is 12.0. The van der Waals surface area contributed by atoms with Crippen LogP contribution in [0.5, 0.6) is 0 Å². The SMILES string of the molecule is CNC(CCOCC(F)F)c1ccc2ccccc2c1. The molecular formula is C16H19F2NO. The summed E-state index contributed by atoms with van der Waals surface area (Å²) >= 11 is 0. The molecule has 2 aromatic rings. The summed E-state index contributed by atoms with van der Waals surface area (Å²) in [5.74, 6) is 0. The van der Waals surface area contributed by atoms with E-state index in [9.17, 15) is 8.78 Å². The molecule has 2 nitrogen and oxygen atoms in total. The first-order chi connectivity index (χ1) is 9.70. The van der Waals surface area contributed by atoms with Gasteiger partial charge in [0.05, 0.1) is 0 Å². The van der Waals surface area contributed by atoms with Gasteiger partial charge in [0.15, 0.2) is 0 Å². The van der Waals surface area contributed by atoms with Gasteiger partial charge in [-0.3, -0.25) is 0 Å². The molecule has 0 aliphatic carbocycles. The summed E-state index contributed by atoms with van der Waals surface area (Å²) in [5.41, 5.74) is 1.15. The van der Waals surface area contributed by atoms with E-state index in [0.29, 0.717) is 13.0 Å². The Hall–Kier alpha value is -1.52. The Morgan fingerprint density at radius 1 is 1.10 bits per heavy atom. The molecule has 0 fully saturated rings. The predicted molar refractivity (Wildman–Crippen MR) is 77.2 cm³/mol. The molecule has 0 heterocycles. The molecule has 108 valence electrons. The number of ether oxygens (including phenoxy) is 1. The van der Waals surface area contributed by atoms with Crippen LogP contribution in [0.1, 0.15) is 18.0 Å². The van der Waals surface area contributed by atoms with Gasteiger partial charge in [0, 0.05) is 12.6 Å². The Kier molecular flexibility index (Phi) is 5.44. The van der Waals surface area contributed by atoms with Crippen LogP contribution in [0.25, 0.3) is 10.8 Å². The quantitative estimate of drug-likeness (QED) is 0.779. The summed E-state index contributed by atoms with van der Waals surface area (Å²) in [5, 5.41) is 5.58. The molecule has 1 N–H and O–H groups in total. The molecule has 2 rings (SSSR count). The third-order valence-electron chi connectivity index (χ3n) is 3.32. The number of fused-ring (bicyclic) bond motifs is 1. The van der Waals surface area contributed by atoms with Gasteiger partial charge in [-0.15, -0.1) is 0 Å². The monoisotopic (exact) mass is 279 g/mol. The molecule has 1 atom stereocenters. The van der Waals surface area contributed by atoms with Crippen molar-refractivity contribution >= 4 is 10.8 Å². The number of rotatable bonds is 7. The molecule has 20 heavy (non-hydrogen) atoms. The maximum atomic E-state index is 12.0. The van der Waals surface area contributed by atoms with Gasteiger partial charge in [-0.2, -0.15) is 0 Å². The van der Waals surface area contributed by atoms with E-state index < -0.39 is 13.0 Å². The fourth-order valence-electron chi connectivity index (χ4n) is 2.28. The van der Waals surface area contributed by atoms with Crippen LogP contribution in [0.15, 0.2) is 42.5 Å². The van der Waals surface area contributed by atoms with Crippen molar-refractivity contribution in [1.82, 2.24) is 5.32 Å². The highest BCUT2D eigenvalue weighted by atomic mass is 19.3. The fraction of sp³-hybridized carbons (Fsp3) is 0.375. The van der Waals surface area contributed by atoms with Crippen LogP contribution in [0.4, 0.5) is 8.78 Å². The van der Waals surface area contributed by atoms with E-state index in [2.05, 4.69) is 35.6 Å². The van der Waals surface area contributed by atoms with E-state index in [1.165, 1.54) is 10.8 Å². The maximum Gasteiger partial charge on any atom is 0.261 e. The normalized spacial score (nSPS) is 13.0. The van der Waals surface area contributed by atoms with Crippen molar-refractivity contribution in [2.75, 3.05) is 20.3 Å². The Morgan fingerprint density at radius 3 is 2.55 bits per heavy atom. The third kappa shape index (κ3) is 3.99. The molecule has 1 unspecified atom stereocenters. The molecule has 0 bridgehead atoms. The second-order valence-corrected chi connectivity index (χ2v) is 4.70. The molecule has 0 radical (unpaired) electrons. The van der Waals surface area contributed by atoms with E-state index in [4.69, 9.17) is 4.74 Å². The fourth-order valence-corrected chi connectivity index (χ4v) is 2.28. The number of nitrogens with one attached hydrogen (secondary N) is 1. The molecule has 4 heteroatoms. The van der Waals surface area contributed by atoms with Crippen LogP contribution in [0.2, 0.25) is 0 Å². The second-order valence-electron chi connectivity index (χ2n) is 4.70. The Bertz CT molecular complexity index is 545. The van der Waals surface area contributed by atoms with Crippen molar-refractivity contribution in [1.29, 1.82) is 0 Å². The Labute approximate surface area is 117 Å². The average molecular weight is 279 g/mol. The first-order valence-corrected chi connectivity index (χ1v) is 6.72. The smallest absolute Gasteiger partial charge is 0.261 e. The molecule has 0 amide bonds. The molecule has 2 aromatic carbocycles. The molecule has 0 aromatic heterocycles. The van der Waals surface area contributed by atoms with Crippen molar-refractivity contribution in [3.63, 3.8) is 0 Å². The molecule has 0 saturated heterocycles. The molecular weight excluding hydrogens is 260 g/mol. The number of benzene rings is 2. The molecule has 0 aliphatic heterocycles. The molecule has 0 spiro atoms. The number of alkyl halides is 2. The first kappa shape index (κ1) is 14.9. The summed E-state index contributed by atoms with van der Waals surface area (Å²) in [6.45, 7) is -0.170. The van der Waals surface area contributed by atoms with Gasteiger partial charge < -0.3 is 10.1 Å². The van der Waals surface area contributed by atoms with E-state index in [0.717, 1.165) is 5.56 Å². The van der Waals surface area contributed by atoms with Crippen LogP contribution < -0.4 is 5.32 Å². The standard InChI is InChI=1S/C16H19F2NO/c1-19-15(8-9-20-11-16(17)18)14-7-6-12-4-2-3-5-13(12)10-14/h2-7,10,15-16,19H,8-9,11H2,1H3. The summed E-state index contributed by atoms with van der Waals surface area (Å²) in [4.78, 5) is 0. The van der Waals surface area contributed by atoms with Crippen LogP contribution in [-0.4, -0.2) is 26.7 Å². The molecule has 0 saturated carbocycles. The van der Waals surface area contributed by atoms with Gasteiger partial charge >= 0.3 is 0 Å². The lowest BCUT2D eigenvalue weighted by Crippen LogP contribution is -2.19. The lowest BCUT2D eigenvalue weighted by atomic mass is 10.00. The van der Waals surface area contributed by atoms with Crippen LogP contribution in [-0.2, 0) is 4.74 Å². The second kappa shape index (κ2) is 7.31. The van der Waals surface area contributed by atoms with E-state index in [1.54, 1.807) is 0 Å². The summed E-state index contributed by atoms with van der Waals surface area (Å²) < 4.78 is 28.9. The minimum Gasteiger partial charge on any atom is -0.375 e. The van der Waals surface area contributed by atoms with Crippen molar-refractivity contribution in [3.05, 3.63) is 48.0 Å². The minimum atomic E-state index is -2.40. The topological polar surface area (TPSA) is 21.3 Å². The van der Waals surface area contributed by atoms with Gasteiger partial charge in [0.2, 0.25) is 0 Å². The van der Waals surface area contributed by atoms with Gasteiger partial charge in [-0.25, -0.2) is 8.78 Å². The lowest BCUT2D eigenvalue weighted by Gasteiger charge is -2.17. The summed E-state index contributed by atoms with van der Waals surface area (Å²) in [6.07, 6.45) is -1.73. The zero-order chi connectivity index (χ0) is 14.4. The number of hydrogen-bond donors (Lipinski definition) is 1. The summed E-state index contributed by atoms with van der Waals surface area (Å²) in [6, 6.07) is 14.5. The number of halogens is 2. The Balaban J connectivity index is 2.01. The zero-order valence-electron chi connectivity index (χ0n) is 11.5. The van der Waals surface area contributed by atoms with Crippen molar-refractivity contribution in [3.8, 4) is 0 Å². The number of hydrogen-bond acceptors (Lipinski definition) is 2. The average Bonchev–Trinajstić information content (AvgIpc) is 2.46. The van der Waals surface area contributed by atoms with E-state index >= 15 is 0 Å². The third-order valence-corrected chi connectivity index (χ3v) is 3.32. The zero-order valence-corrected chi connectivity index (χ0v) is 11.5. The Morgan fingerprint density at radius 2 is 1.85 bits per heavy atom. The summed E-state index contributed by atoms with van der Waals surface area (Å²) in [7, 11) is 1.87. The van der Waals surface area contributed by atoms with Gasteiger partial charge in [-0.1, -0.05) is 36.4 Å². The van der Waals surface area contributed by atoms with E-state index in [1.807, 2.05) is 19.2 Å². The highest BCUT2D eigenvalue weighted by Crippen LogP contribution is 2.22. The van der Waals surface area contributed by atoms with Gasteiger partial charge in [-0.05, 0) is 35.9 Å². The van der Waals surface area contributed by atoms with Crippen LogP contribution in [0, 0.1) is 0 Å². The van der Waals surface area contributed by atoms with Crippen molar-refractivity contribution in [2.45, 2.75) is 18.9 Å².